The number of amides is 1. The Labute approximate surface area is 199 Å². The number of carbonyl (C=O) groups excluding carboxylic acids is 1. The van der Waals surface area contributed by atoms with E-state index in [-0.39, 0.29) is 29.9 Å². The third-order valence-corrected chi connectivity index (χ3v) is 6.35. The molecule has 2 fully saturated rings. The summed E-state index contributed by atoms with van der Waals surface area (Å²) in [7, 11) is 0. The van der Waals surface area contributed by atoms with E-state index in [4.69, 9.17) is 4.74 Å². The number of nitrogens with zero attached hydrogens (tertiary/aromatic N) is 5. The van der Waals surface area contributed by atoms with Crippen molar-refractivity contribution in [3.63, 3.8) is 0 Å². The van der Waals surface area contributed by atoms with E-state index in [0.29, 0.717) is 29.9 Å². The van der Waals surface area contributed by atoms with Crippen LogP contribution in [-0.2, 0) is 11.0 Å². The number of halogens is 3. The minimum absolute atomic E-state index is 0.00920. The first-order valence-electron chi connectivity index (χ1n) is 11.2. The maximum atomic E-state index is 13.8. The second-order valence-electron chi connectivity index (χ2n) is 8.78. The smallest absolute Gasteiger partial charge is 0.435 e. The fourth-order valence-electron chi connectivity index (χ4n) is 4.74. The zero-order valence-electron chi connectivity index (χ0n) is 18.8. The van der Waals surface area contributed by atoms with Crippen LogP contribution in [0.15, 0.2) is 72.1 Å². The molecule has 1 saturated carbocycles. The Bertz CT molecular complexity index is 1240. The monoisotopic (exact) mass is 481 g/mol. The molecule has 0 aromatic carbocycles. The average Bonchev–Trinajstić information content (AvgIpc) is 3.42. The molecule has 10 heteroatoms. The van der Waals surface area contributed by atoms with Gasteiger partial charge in [0, 0.05) is 30.6 Å². The molecular formula is C25H22F3N5O2. The van der Waals surface area contributed by atoms with E-state index in [9.17, 15) is 18.0 Å². The van der Waals surface area contributed by atoms with Gasteiger partial charge in [-0.2, -0.15) is 13.2 Å². The van der Waals surface area contributed by atoms with Gasteiger partial charge in [0.15, 0.2) is 11.5 Å². The van der Waals surface area contributed by atoms with E-state index in [1.807, 2.05) is 31.2 Å². The second kappa shape index (κ2) is 9.09. The first-order chi connectivity index (χ1) is 16.8. The van der Waals surface area contributed by atoms with Crippen molar-refractivity contribution >= 4 is 11.5 Å². The van der Waals surface area contributed by atoms with Gasteiger partial charge in [-0.25, -0.2) is 9.97 Å². The molecule has 5 rings (SSSR count). The molecule has 2 aromatic heterocycles. The van der Waals surface area contributed by atoms with Crippen molar-refractivity contribution in [2.75, 3.05) is 6.54 Å². The van der Waals surface area contributed by atoms with Crippen molar-refractivity contribution in [2.24, 2.45) is 5.92 Å². The maximum Gasteiger partial charge on any atom is 0.435 e. The van der Waals surface area contributed by atoms with Crippen molar-refractivity contribution in [1.82, 2.24) is 25.1 Å². The summed E-state index contributed by atoms with van der Waals surface area (Å²) in [5.41, 5.74) is 1.03. The highest BCUT2D eigenvalue weighted by Gasteiger charge is 2.49. The standard InChI is InChI=1S/C25H22F3N5O2/c1-15-4-2-5-18(17(7-6-15)23-29-10-3-11-30-23)24(34)33-14-16-12-19(33)20(13-16)35-22-9-8-21(31-32-22)25(26,27)28/h2-11,16,19-20H,12-14H2,1H3. The lowest BCUT2D eigenvalue weighted by atomic mass is 9.98. The summed E-state index contributed by atoms with van der Waals surface area (Å²) in [6.07, 6.45) is 9.03. The molecule has 3 unspecified atom stereocenters. The van der Waals surface area contributed by atoms with Gasteiger partial charge < -0.3 is 9.64 Å². The average molecular weight is 481 g/mol. The summed E-state index contributed by atoms with van der Waals surface area (Å²) in [6, 6.07) is 3.50. The highest BCUT2D eigenvalue weighted by atomic mass is 19.4. The van der Waals surface area contributed by atoms with E-state index in [1.54, 1.807) is 29.4 Å². The summed E-state index contributed by atoms with van der Waals surface area (Å²) in [5.74, 6) is 0.530. The van der Waals surface area contributed by atoms with Gasteiger partial charge in [-0.05, 0) is 43.9 Å². The normalized spacial score (nSPS) is 23.8. The molecule has 3 atom stereocenters. The topological polar surface area (TPSA) is 81.1 Å². The van der Waals surface area contributed by atoms with Gasteiger partial charge in [0.25, 0.3) is 5.91 Å². The molecular weight excluding hydrogens is 459 g/mol. The van der Waals surface area contributed by atoms with E-state index < -0.39 is 11.9 Å². The minimum Gasteiger partial charge on any atom is -0.471 e. The van der Waals surface area contributed by atoms with Crippen LogP contribution in [0.3, 0.4) is 0 Å². The van der Waals surface area contributed by atoms with Crippen LogP contribution in [0.1, 0.15) is 31.3 Å². The number of likely N-dealkylation sites (tertiary alicyclic amines) is 1. The van der Waals surface area contributed by atoms with Crippen molar-refractivity contribution < 1.29 is 22.7 Å². The summed E-state index contributed by atoms with van der Waals surface area (Å²) in [5, 5.41) is 6.81. The molecule has 0 N–H and O–H groups in total. The van der Waals surface area contributed by atoms with Gasteiger partial charge >= 0.3 is 6.18 Å². The van der Waals surface area contributed by atoms with Gasteiger partial charge in [0.2, 0.25) is 5.88 Å². The number of fused-ring (bicyclic) bond motifs is 2. The molecule has 1 amide bonds. The third kappa shape index (κ3) is 4.73. The molecule has 1 aliphatic heterocycles. The zero-order valence-corrected chi connectivity index (χ0v) is 18.8. The van der Waals surface area contributed by atoms with E-state index in [1.165, 1.54) is 6.07 Å². The fraction of sp³-hybridized carbons (Fsp3) is 0.320. The number of carbonyl (C=O) groups is 1. The molecule has 3 aliphatic rings. The van der Waals surface area contributed by atoms with Crippen LogP contribution < -0.4 is 4.74 Å². The highest BCUT2D eigenvalue weighted by Crippen LogP contribution is 2.41. The van der Waals surface area contributed by atoms with Gasteiger partial charge in [-0.15, -0.1) is 10.2 Å². The van der Waals surface area contributed by atoms with E-state index in [2.05, 4.69) is 20.2 Å². The van der Waals surface area contributed by atoms with Crippen molar-refractivity contribution in [2.45, 2.75) is 38.1 Å². The van der Waals surface area contributed by atoms with Crippen LogP contribution in [0.2, 0.25) is 0 Å². The van der Waals surface area contributed by atoms with Crippen LogP contribution in [0.5, 0.6) is 5.88 Å². The molecule has 2 aromatic rings. The SMILES string of the molecule is CC1=CC=C(c2ncccn2)C(C(=O)N2CC3CC(Oc4ccc(C(F)(F)F)nn4)C2C3)=CC=C1. The number of ether oxygens (including phenoxy) is 1. The molecule has 0 spiro atoms. The fourth-order valence-corrected chi connectivity index (χ4v) is 4.74. The summed E-state index contributed by atoms with van der Waals surface area (Å²) in [4.78, 5) is 24.2. The van der Waals surface area contributed by atoms with Crippen LogP contribution in [-0.4, -0.2) is 49.7 Å². The van der Waals surface area contributed by atoms with Gasteiger partial charge in [-0.1, -0.05) is 29.9 Å². The Balaban J connectivity index is 1.37. The third-order valence-electron chi connectivity index (χ3n) is 6.35. The van der Waals surface area contributed by atoms with Crippen LogP contribution in [0.4, 0.5) is 13.2 Å². The lowest BCUT2D eigenvalue weighted by Crippen LogP contribution is -2.47. The zero-order chi connectivity index (χ0) is 24.6. The molecule has 180 valence electrons. The molecule has 3 heterocycles. The quantitative estimate of drug-likeness (QED) is 0.652. The number of allylic oxidation sites excluding steroid dienone is 6. The lowest BCUT2D eigenvalue weighted by Gasteiger charge is -2.34. The molecule has 35 heavy (non-hydrogen) atoms. The second-order valence-corrected chi connectivity index (χ2v) is 8.78. The van der Waals surface area contributed by atoms with Crippen molar-refractivity contribution in [3.05, 3.63) is 83.6 Å². The van der Waals surface area contributed by atoms with Crippen molar-refractivity contribution in [3.8, 4) is 5.88 Å². The number of alkyl halides is 3. The first-order valence-corrected chi connectivity index (χ1v) is 11.2. The van der Waals surface area contributed by atoms with E-state index in [0.717, 1.165) is 18.1 Å². The maximum absolute atomic E-state index is 13.8. The summed E-state index contributed by atoms with van der Waals surface area (Å²) in [6.45, 7) is 2.55. The van der Waals surface area contributed by atoms with Crippen LogP contribution in [0.25, 0.3) is 5.57 Å². The Morgan fingerprint density at radius 2 is 1.89 bits per heavy atom. The Kier molecular flexibility index (Phi) is 5.96. The van der Waals surface area contributed by atoms with Crippen LogP contribution >= 0.6 is 0 Å². The Morgan fingerprint density at radius 3 is 2.57 bits per heavy atom. The number of piperidine rings is 1. The molecule has 0 radical (unpaired) electrons. The van der Waals surface area contributed by atoms with Crippen LogP contribution in [0, 0.1) is 5.92 Å². The minimum atomic E-state index is -4.57. The van der Waals surface area contributed by atoms with Gasteiger partial charge in [-0.3, -0.25) is 4.79 Å². The molecule has 1 saturated heterocycles. The Hall–Kier alpha value is -3.82. The lowest BCUT2D eigenvalue weighted by molar-refractivity contribution is -0.142. The van der Waals surface area contributed by atoms with Gasteiger partial charge in [0.05, 0.1) is 11.6 Å². The summed E-state index contributed by atoms with van der Waals surface area (Å²) >= 11 is 0. The predicted octanol–water partition coefficient (Wildman–Crippen LogP) is 4.18. The molecule has 7 nitrogen and oxygen atoms in total. The molecule has 2 bridgehead atoms. The predicted molar refractivity (Wildman–Crippen MR) is 121 cm³/mol. The number of aromatic nitrogens is 4. The number of rotatable bonds is 4. The van der Waals surface area contributed by atoms with Crippen molar-refractivity contribution in [1.29, 1.82) is 0 Å². The first kappa shape index (κ1) is 22.9. The summed E-state index contributed by atoms with van der Waals surface area (Å²) < 4.78 is 44.2. The molecule has 2 aliphatic carbocycles. The number of hydrogen-bond donors (Lipinski definition) is 0. The Morgan fingerprint density at radius 1 is 1.09 bits per heavy atom. The van der Waals surface area contributed by atoms with E-state index >= 15 is 0 Å². The number of hydrogen-bond acceptors (Lipinski definition) is 6. The van der Waals surface area contributed by atoms with Gasteiger partial charge in [0.1, 0.15) is 6.10 Å². The highest BCUT2D eigenvalue weighted by molar-refractivity contribution is 6.09. The largest absolute Gasteiger partial charge is 0.471 e.